The Bertz CT molecular complexity index is 912. The van der Waals surface area contributed by atoms with Crippen molar-refractivity contribution in [2.75, 3.05) is 10.0 Å². The lowest BCUT2D eigenvalue weighted by molar-refractivity contribution is -0.123. The van der Waals surface area contributed by atoms with Crippen molar-refractivity contribution >= 4 is 34.2 Å². The molecule has 0 fully saturated rings. The molecule has 0 radical (unpaired) electrons. The number of carboxylic acid groups (broad SMARTS) is 1. The number of amides is 1. The number of aromatic nitrogens is 1. The maximum atomic E-state index is 13.9. The largest absolute Gasteiger partial charge is 0.478 e. The van der Waals surface area contributed by atoms with E-state index in [4.69, 9.17) is 5.11 Å². The van der Waals surface area contributed by atoms with E-state index in [1.165, 1.54) is 18.3 Å². The van der Waals surface area contributed by atoms with Crippen LogP contribution in [0.4, 0.5) is 20.2 Å². The third-order valence-corrected chi connectivity index (χ3v) is 4.38. The van der Waals surface area contributed by atoms with E-state index < -0.39 is 45.3 Å². The second-order valence-corrected chi connectivity index (χ2v) is 7.74. The van der Waals surface area contributed by atoms with Gasteiger partial charge in [-0.25, -0.2) is 22.8 Å². The van der Waals surface area contributed by atoms with Crippen LogP contribution in [0, 0.1) is 17.0 Å². The molecule has 0 aliphatic rings. The van der Waals surface area contributed by atoms with Crippen molar-refractivity contribution in [2.24, 2.45) is 5.41 Å². The zero-order valence-corrected chi connectivity index (χ0v) is 15.5. The molecule has 0 aliphatic carbocycles. The predicted molar refractivity (Wildman–Crippen MR) is 95.7 cm³/mol. The highest BCUT2D eigenvalue weighted by Gasteiger charge is 2.21. The van der Waals surface area contributed by atoms with Crippen LogP contribution >= 0.6 is 0 Å². The molecule has 1 heterocycles. The van der Waals surface area contributed by atoms with Gasteiger partial charge >= 0.3 is 5.97 Å². The number of carbonyl (C=O) groups excluding carboxylic acids is 1. The van der Waals surface area contributed by atoms with Crippen molar-refractivity contribution in [2.45, 2.75) is 25.8 Å². The molecule has 3 N–H and O–H groups in total. The first-order chi connectivity index (χ1) is 12.5. The minimum absolute atomic E-state index is 0.00544. The summed E-state index contributed by atoms with van der Waals surface area (Å²) in [6, 6.07) is 3.92. The summed E-state index contributed by atoms with van der Waals surface area (Å²) in [7, 11) is -2.04. The number of nitrogens with one attached hydrogen (secondary N) is 2. The molecule has 1 aromatic carbocycles. The highest BCUT2D eigenvalue weighted by molar-refractivity contribution is 7.86. The zero-order valence-electron chi connectivity index (χ0n) is 14.7. The Labute approximate surface area is 156 Å². The number of rotatable bonds is 5. The fourth-order valence-corrected chi connectivity index (χ4v) is 2.62. The third kappa shape index (κ3) is 5.07. The highest BCUT2D eigenvalue weighted by Crippen LogP contribution is 2.22. The van der Waals surface area contributed by atoms with Crippen LogP contribution in [0.2, 0.25) is 0 Å². The van der Waals surface area contributed by atoms with Gasteiger partial charge in [0.15, 0.2) is 11.0 Å². The van der Waals surface area contributed by atoms with Crippen molar-refractivity contribution in [1.82, 2.24) is 4.98 Å². The number of benzene rings is 1. The van der Waals surface area contributed by atoms with Crippen LogP contribution in [0.5, 0.6) is 0 Å². The van der Waals surface area contributed by atoms with Gasteiger partial charge in [-0.05, 0) is 18.2 Å². The molecule has 0 spiro atoms. The standard InChI is InChI=1S/C17H17F2N3O4S/c1-17(2,3)16(25)21-9-4-5-14(20-8-9)27(26)22-13-7-11(18)10(15(23)24)6-12(13)19/h4-8,22H,1-3H3,(H,21,25)(H,23,24). The monoisotopic (exact) mass is 397 g/mol. The van der Waals surface area contributed by atoms with Crippen LogP contribution in [0.25, 0.3) is 0 Å². The van der Waals surface area contributed by atoms with Crippen molar-refractivity contribution in [3.63, 3.8) is 0 Å². The number of halogens is 2. The predicted octanol–water partition coefficient (Wildman–Crippen LogP) is 3.18. The van der Waals surface area contributed by atoms with E-state index in [1.54, 1.807) is 20.8 Å². The van der Waals surface area contributed by atoms with Gasteiger partial charge in [-0.2, -0.15) is 0 Å². The second kappa shape index (κ2) is 7.78. The Hall–Kier alpha value is -2.88. The van der Waals surface area contributed by atoms with Crippen LogP contribution in [0.1, 0.15) is 31.1 Å². The number of aromatic carboxylic acids is 1. The highest BCUT2D eigenvalue weighted by atomic mass is 32.2. The van der Waals surface area contributed by atoms with E-state index in [2.05, 4.69) is 15.0 Å². The Balaban J connectivity index is 2.14. The average molecular weight is 397 g/mol. The number of carboxylic acids is 1. The molecule has 2 rings (SSSR count). The first-order valence-corrected chi connectivity index (χ1v) is 8.82. The van der Waals surface area contributed by atoms with E-state index in [0.717, 1.165) is 0 Å². The summed E-state index contributed by atoms with van der Waals surface area (Å²) in [5.74, 6) is -4.09. The number of hydrogen-bond donors (Lipinski definition) is 3. The quantitative estimate of drug-likeness (QED) is 0.718. The first-order valence-electron chi connectivity index (χ1n) is 7.67. The zero-order chi connectivity index (χ0) is 20.4. The number of nitrogens with zero attached hydrogens (tertiary/aromatic N) is 1. The van der Waals surface area contributed by atoms with Gasteiger partial charge in [0.05, 0.1) is 23.1 Å². The molecule has 0 aliphatic heterocycles. The molecule has 144 valence electrons. The van der Waals surface area contributed by atoms with E-state index in [9.17, 15) is 22.6 Å². The molecule has 27 heavy (non-hydrogen) atoms. The van der Waals surface area contributed by atoms with Gasteiger partial charge in [-0.1, -0.05) is 20.8 Å². The number of anilines is 2. The van der Waals surface area contributed by atoms with Crippen molar-refractivity contribution in [3.05, 3.63) is 47.7 Å². The molecule has 2 aromatic rings. The van der Waals surface area contributed by atoms with Crippen LogP contribution in [0.15, 0.2) is 35.5 Å². The van der Waals surface area contributed by atoms with Crippen LogP contribution < -0.4 is 10.0 Å². The molecule has 1 aromatic heterocycles. The summed E-state index contributed by atoms with van der Waals surface area (Å²) in [6.45, 7) is 5.23. The van der Waals surface area contributed by atoms with Crippen molar-refractivity contribution in [1.29, 1.82) is 0 Å². The fraction of sp³-hybridized carbons (Fsp3) is 0.235. The average Bonchev–Trinajstić information content (AvgIpc) is 2.57. The van der Waals surface area contributed by atoms with Crippen molar-refractivity contribution < 1.29 is 27.7 Å². The molecule has 7 nitrogen and oxygen atoms in total. The van der Waals surface area contributed by atoms with E-state index >= 15 is 0 Å². The van der Waals surface area contributed by atoms with Crippen LogP contribution in [-0.4, -0.2) is 26.2 Å². The van der Waals surface area contributed by atoms with Gasteiger partial charge in [0.2, 0.25) is 5.91 Å². The van der Waals surface area contributed by atoms with Gasteiger partial charge in [-0.15, -0.1) is 0 Å². The lowest BCUT2D eigenvalue weighted by atomic mass is 9.96. The fourth-order valence-electron chi connectivity index (χ4n) is 1.82. The summed E-state index contributed by atoms with van der Waals surface area (Å²) in [6.07, 6.45) is 1.28. The summed E-state index contributed by atoms with van der Waals surface area (Å²) in [5.41, 5.74) is -1.52. The normalized spacial score (nSPS) is 12.3. The molecule has 1 amide bonds. The summed E-state index contributed by atoms with van der Waals surface area (Å²) < 4.78 is 42.0. The van der Waals surface area contributed by atoms with Gasteiger partial charge in [0.1, 0.15) is 16.7 Å². The molecule has 0 bridgehead atoms. The molecule has 0 saturated heterocycles. The Morgan fingerprint density at radius 1 is 1.15 bits per heavy atom. The maximum absolute atomic E-state index is 13.9. The molecule has 0 saturated carbocycles. The Morgan fingerprint density at radius 3 is 2.33 bits per heavy atom. The number of pyridine rings is 1. The third-order valence-electron chi connectivity index (χ3n) is 3.36. The van der Waals surface area contributed by atoms with E-state index in [1.807, 2.05) is 0 Å². The minimum Gasteiger partial charge on any atom is -0.478 e. The maximum Gasteiger partial charge on any atom is 0.338 e. The number of hydrogen-bond acceptors (Lipinski definition) is 4. The summed E-state index contributed by atoms with van der Waals surface area (Å²) >= 11 is 0. The first kappa shape index (κ1) is 20.4. The number of carbonyl (C=O) groups is 2. The molecular formula is C17H17F2N3O4S. The Kier molecular flexibility index (Phi) is 5.89. The molecular weight excluding hydrogens is 380 g/mol. The second-order valence-electron chi connectivity index (χ2n) is 6.58. The van der Waals surface area contributed by atoms with Gasteiger partial charge in [-0.3, -0.25) is 9.52 Å². The van der Waals surface area contributed by atoms with E-state index in [-0.39, 0.29) is 10.9 Å². The minimum atomic E-state index is -2.04. The lowest BCUT2D eigenvalue weighted by Gasteiger charge is -2.17. The summed E-state index contributed by atoms with van der Waals surface area (Å²) in [4.78, 5) is 26.6. The van der Waals surface area contributed by atoms with Gasteiger partial charge in [0.25, 0.3) is 0 Å². The Morgan fingerprint density at radius 2 is 1.81 bits per heavy atom. The molecule has 10 heteroatoms. The van der Waals surface area contributed by atoms with Gasteiger partial charge < -0.3 is 10.4 Å². The molecule has 1 unspecified atom stereocenters. The van der Waals surface area contributed by atoms with Crippen molar-refractivity contribution in [3.8, 4) is 0 Å². The van der Waals surface area contributed by atoms with Crippen LogP contribution in [0.3, 0.4) is 0 Å². The van der Waals surface area contributed by atoms with Crippen LogP contribution in [-0.2, 0) is 15.8 Å². The SMILES string of the molecule is CC(C)(C)C(=O)Nc1ccc(S(=O)Nc2cc(F)c(C(=O)O)cc2F)nc1. The summed E-state index contributed by atoms with van der Waals surface area (Å²) in [5, 5.41) is 11.4. The molecule has 1 atom stereocenters. The van der Waals surface area contributed by atoms with E-state index in [0.29, 0.717) is 17.8 Å². The smallest absolute Gasteiger partial charge is 0.338 e. The topological polar surface area (TPSA) is 108 Å². The lowest BCUT2D eigenvalue weighted by Crippen LogP contribution is -2.27. The van der Waals surface area contributed by atoms with Gasteiger partial charge in [0, 0.05) is 11.5 Å².